The second-order valence-corrected chi connectivity index (χ2v) is 5.23. The van der Waals surface area contributed by atoms with Gasteiger partial charge >= 0.3 is 0 Å². The van der Waals surface area contributed by atoms with E-state index >= 15 is 0 Å². The van der Waals surface area contributed by atoms with E-state index in [1.807, 2.05) is 22.9 Å². The number of rotatable bonds is 5. The van der Waals surface area contributed by atoms with Crippen LogP contribution < -0.4 is 5.32 Å². The van der Waals surface area contributed by atoms with Crippen molar-refractivity contribution in [2.24, 2.45) is 0 Å². The summed E-state index contributed by atoms with van der Waals surface area (Å²) < 4.78 is 7.88. The molecule has 110 valence electrons. The zero-order valence-electron chi connectivity index (χ0n) is 12.6. The normalized spacial score (nSPS) is 12.9. The zero-order chi connectivity index (χ0) is 14.8. The Bertz CT molecular complexity index is 744. The minimum atomic E-state index is 0.137. The van der Waals surface area contributed by atoms with E-state index in [2.05, 4.69) is 42.5 Å². The van der Waals surface area contributed by atoms with E-state index in [1.54, 1.807) is 6.20 Å². The lowest BCUT2D eigenvalue weighted by molar-refractivity contribution is 0.439. The molecular formula is C16H20N4O. The van der Waals surface area contributed by atoms with Crippen LogP contribution >= 0.6 is 0 Å². The first kappa shape index (κ1) is 13.8. The molecule has 0 bridgehead atoms. The topological polar surface area (TPSA) is 55.9 Å². The molecule has 0 amide bonds. The van der Waals surface area contributed by atoms with Gasteiger partial charge in [0.1, 0.15) is 11.3 Å². The lowest BCUT2D eigenvalue weighted by atomic mass is 10.1. The Labute approximate surface area is 123 Å². The third-order valence-electron chi connectivity index (χ3n) is 3.86. The standard InChI is InChI=1S/C16H20N4O/c1-4-20-13(10-18-19-20)9-17-12(3)16-11(2)14-7-5-6-8-15(14)21-16/h5-8,10,12,17H,4,9H2,1-3H3. The largest absolute Gasteiger partial charge is 0.459 e. The van der Waals surface area contributed by atoms with Crippen molar-refractivity contribution in [2.45, 2.75) is 39.9 Å². The van der Waals surface area contributed by atoms with Crippen LogP contribution in [0.3, 0.4) is 0 Å². The van der Waals surface area contributed by atoms with Crippen LogP contribution in [0, 0.1) is 6.92 Å². The van der Waals surface area contributed by atoms with Crippen LogP contribution in [0.2, 0.25) is 0 Å². The smallest absolute Gasteiger partial charge is 0.134 e. The van der Waals surface area contributed by atoms with Crippen LogP contribution in [0.1, 0.15) is 36.9 Å². The van der Waals surface area contributed by atoms with Crippen LogP contribution in [0.15, 0.2) is 34.9 Å². The van der Waals surface area contributed by atoms with Crippen molar-refractivity contribution in [3.63, 3.8) is 0 Å². The summed E-state index contributed by atoms with van der Waals surface area (Å²) in [5.74, 6) is 0.992. The number of nitrogens with zero attached hydrogens (tertiary/aromatic N) is 3. The quantitative estimate of drug-likeness (QED) is 0.781. The number of nitrogens with one attached hydrogen (secondary N) is 1. The minimum absolute atomic E-state index is 0.137. The summed E-state index contributed by atoms with van der Waals surface area (Å²) in [4.78, 5) is 0. The SMILES string of the molecule is CCn1nncc1CNC(C)c1oc2ccccc2c1C. The Balaban J connectivity index is 1.78. The van der Waals surface area contributed by atoms with Crippen molar-refractivity contribution < 1.29 is 4.42 Å². The van der Waals surface area contributed by atoms with Gasteiger partial charge in [-0.05, 0) is 32.4 Å². The molecule has 0 aliphatic carbocycles. The van der Waals surface area contributed by atoms with Crippen LogP contribution in [-0.4, -0.2) is 15.0 Å². The minimum Gasteiger partial charge on any atom is -0.459 e. The Kier molecular flexibility index (Phi) is 3.75. The molecule has 1 aromatic carbocycles. The summed E-state index contributed by atoms with van der Waals surface area (Å²) in [6.07, 6.45) is 1.80. The van der Waals surface area contributed by atoms with Gasteiger partial charge in [0.15, 0.2) is 0 Å². The van der Waals surface area contributed by atoms with Crippen molar-refractivity contribution in [1.29, 1.82) is 0 Å². The highest BCUT2D eigenvalue weighted by Gasteiger charge is 2.16. The molecule has 1 N–H and O–H groups in total. The molecule has 0 spiro atoms. The molecule has 2 heterocycles. The summed E-state index contributed by atoms with van der Waals surface area (Å²) in [7, 11) is 0. The van der Waals surface area contributed by atoms with Gasteiger partial charge in [-0.2, -0.15) is 0 Å². The highest BCUT2D eigenvalue weighted by molar-refractivity contribution is 5.82. The molecular weight excluding hydrogens is 264 g/mol. The summed E-state index contributed by atoms with van der Waals surface area (Å²) in [6, 6.07) is 8.28. The Hall–Kier alpha value is -2.14. The van der Waals surface area contributed by atoms with Crippen molar-refractivity contribution in [1.82, 2.24) is 20.3 Å². The fourth-order valence-corrected chi connectivity index (χ4v) is 2.64. The van der Waals surface area contributed by atoms with Gasteiger partial charge < -0.3 is 9.73 Å². The van der Waals surface area contributed by atoms with Crippen LogP contribution in [-0.2, 0) is 13.1 Å². The van der Waals surface area contributed by atoms with Crippen molar-refractivity contribution in [2.75, 3.05) is 0 Å². The van der Waals surface area contributed by atoms with Gasteiger partial charge in [0.2, 0.25) is 0 Å². The molecule has 0 saturated heterocycles. The summed E-state index contributed by atoms with van der Waals surface area (Å²) in [5, 5.41) is 12.7. The van der Waals surface area contributed by atoms with Crippen molar-refractivity contribution in [3.8, 4) is 0 Å². The predicted molar refractivity (Wildman–Crippen MR) is 81.9 cm³/mol. The summed E-state index contributed by atoms with van der Waals surface area (Å²) >= 11 is 0. The molecule has 0 fully saturated rings. The fourth-order valence-electron chi connectivity index (χ4n) is 2.64. The van der Waals surface area contributed by atoms with Gasteiger partial charge in [-0.15, -0.1) is 5.10 Å². The second-order valence-electron chi connectivity index (χ2n) is 5.23. The molecule has 1 unspecified atom stereocenters. The second kappa shape index (κ2) is 5.69. The van der Waals surface area contributed by atoms with E-state index in [4.69, 9.17) is 4.42 Å². The van der Waals surface area contributed by atoms with E-state index in [0.29, 0.717) is 0 Å². The van der Waals surface area contributed by atoms with Gasteiger partial charge in [-0.1, -0.05) is 23.4 Å². The molecule has 21 heavy (non-hydrogen) atoms. The predicted octanol–water partition coefficient (Wildman–Crippen LogP) is 3.20. The maximum absolute atomic E-state index is 5.99. The molecule has 5 heteroatoms. The third-order valence-corrected chi connectivity index (χ3v) is 3.86. The van der Waals surface area contributed by atoms with Gasteiger partial charge in [0.25, 0.3) is 0 Å². The number of para-hydroxylation sites is 1. The maximum atomic E-state index is 5.99. The number of benzene rings is 1. The molecule has 0 radical (unpaired) electrons. The van der Waals surface area contributed by atoms with Gasteiger partial charge in [-0.3, -0.25) is 0 Å². The summed E-state index contributed by atoms with van der Waals surface area (Å²) in [6.45, 7) is 7.83. The number of fused-ring (bicyclic) bond motifs is 1. The molecule has 1 atom stereocenters. The summed E-state index contributed by atoms with van der Waals surface area (Å²) in [5.41, 5.74) is 3.23. The molecule has 5 nitrogen and oxygen atoms in total. The number of aromatic nitrogens is 3. The van der Waals surface area contributed by atoms with Crippen molar-refractivity contribution >= 4 is 11.0 Å². The van der Waals surface area contributed by atoms with E-state index in [0.717, 1.165) is 30.1 Å². The average Bonchev–Trinajstić information content (AvgIpc) is 3.09. The highest BCUT2D eigenvalue weighted by atomic mass is 16.3. The number of hydrogen-bond acceptors (Lipinski definition) is 4. The Morgan fingerprint density at radius 2 is 2.14 bits per heavy atom. The molecule has 0 aliphatic rings. The number of furan rings is 1. The van der Waals surface area contributed by atoms with E-state index < -0.39 is 0 Å². The first-order valence-corrected chi connectivity index (χ1v) is 7.29. The Morgan fingerprint density at radius 1 is 1.33 bits per heavy atom. The van der Waals surface area contributed by atoms with Gasteiger partial charge in [0, 0.05) is 18.5 Å². The lowest BCUT2D eigenvalue weighted by Gasteiger charge is -2.12. The molecule has 3 rings (SSSR count). The van der Waals surface area contributed by atoms with Gasteiger partial charge in [0.05, 0.1) is 17.9 Å². The lowest BCUT2D eigenvalue weighted by Crippen LogP contribution is -2.20. The monoisotopic (exact) mass is 284 g/mol. The molecule has 0 aliphatic heterocycles. The fraction of sp³-hybridized carbons (Fsp3) is 0.375. The van der Waals surface area contributed by atoms with Crippen LogP contribution in [0.25, 0.3) is 11.0 Å². The highest BCUT2D eigenvalue weighted by Crippen LogP contribution is 2.29. The first-order valence-electron chi connectivity index (χ1n) is 7.29. The van der Waals surface area contributed by atoms with Crippen LogP contribution in [0.4, 0.5) is 0 Å². The molecule has 3 aromatic rings. The molecule has 0 saturated carbocycles. The first-order chi connectivity index (χ1) is 10.2. The number of hydrogen-bond donors (Lipinski definition) is 1. The van der Waals surface area contributed by atoms with Crippen molar-refractivity contribution in [3.05, 3.63) is 47.5 Å². The van der Waals surface area contributed by atoms with E-state index in [1.165, 1.54) is 10.9 Å². The van der Waals surface area contributed by atoms with Gasteiger partial charge in [-0.25, -0.2) is 4.68 Å². The zero-order valence-corrected chi connectivity index (χ0v) is 12.6. The average molecular weight is 284 g/mol. The maximum Gasteiger partial charge on any atom is 0.134 e. The van der Waals surface area contributed by atoms with E-state index in [9.17, 15) is 0 Å². The number of aryl methyl sites for hydroxylation is 2. The Morgan fingerprint density at radius 3 is 2.90 bits per heavy atom. The third kappa shape index (κ3) is 2.56. The van der Waals surface area contributed by atoms with E-state index in [-0.39, 0.29) is 6.04 Å². The van der Waals surface area contributed by atoms with Crippen LogP contribution in [0.5, 0.6) is 0 Å². The molecule has 2 aromatic heterocycles.